The van der Waals surface area contributed by atoms with Crippen LogP contribution in [-0.2, 0) is 4.74 Å². The Morgan fingerprint density at radius 3 is 3.06 bits per heavy atom. The monoisotopic (exact) mass is 286 g/mol. The Bertz CT molecular complexity index is 645. The van der Waals surface area contributed by atoms with Crippen molar-refractivity contribution in [1.29, 1.82) is 0 Å². The summed E-state index contributed by atoms with van der Waals surface area (Å²) in [4.78, 5) is 3.02. The molecule has 1 atom stereocenters. The van der Waals surface area contributed by atoms with E-state index in [1.54, 1.807) is 6.07 Å². The van der Waals surface area contributed by atoms with Gasteiger partial charge in [0.1, 0.15) is 5.82 Å². The third kappa shape index (κ3) is 1.96. The number of benzene rings is 1. The number of hydrogen-bond donors (Lipinski definition) is 1. The van der Waals surface area contributed by atoms with Crippen LogP contribution in [0.4, 0.5) is 4.39 Å². The summed E-state index contributed by atoms with van der Waals surface area (Å²) >= 11 is 11.1. The first-order chi connectivity index (χ1) is 8.66. The number of halogens is 2. The molecule has 1 aliphatic rings. The van der Waals surface area contributed by atoms with Crippen LogP contribution in [0, 0.1) is 10.6 Å². The SMILES string of the molecule is Fc1cc2[nH]c(=S)n(C3CCCOC3)c2cc1Cl. The first-order valence-corrected chi connectivity index (χ1v) is 6.62. The summed E-state index contributed by atoms with van der Waals surface area (Å²) in [6.07, 6.45) is 2.02. The molecule has 0 amide bonds. The van der Waals surface area contributed by atoms with Crippen LogP contribution in [-0.4, -0.2) is 22.8 Å². The molecule has 2 heterocycles. The second-order valence-corrected chi connectivity index (χ2v) is 5.25. The van der Waals surface area contributed by atoms with E-state index in [0.717, 1.165) is 25.0 Å². The number of H-pyrrole nitrogens is 1. The maximum Gasteiger partial charge on any atom is 0.178 e. The van der Waals surface area contributed by atoms with E-state index < -0.39 is 5.82 Å². The van der Waals surface area contributed by atoms with Gasteiger partial charge in [-0.15, -0.1) is 0 Å². The molecule has 0 bridgehead atoms. The van der Waals surface area contributed by atoms with Crippen LogP contribution in [0.3, 0.4) is 0 Å². The van der Waals surface area contributed by atoms with E-state index in [-0.39, 0.29) is 11.1 Å². The van der Waals surface area contributed by atoms with Crippen molar-refractivity contribution in [1.82, 2.24) is 9.55 Å². The minimum absolute atomic E-state index is 0.113. The Hall–Kier alpha value is -0.910. The van der Waals surface area contributed by atoms with Gasteiger partial charge in [-0.05, 0) is 31.1 Å². The number of imidazole rings is 1. The zero-order valence-electron chi connectivity index (χ0n) is 9.58. The molecule has 3 rings (SSSR count). The topological polar surface area (TPSA) is 29.9 Å². The number of aromatic amines is 1. The van der Waals surface area contributed by atoms with Crippen molar-refractivity contribution < 1.29 is 9.13 Å². The highest BCUT2D eigenvalue weighted by Gasteiger charge is 2.19. The Morgan fingerprint density at radius 1 is 1.50 bits per heavy atom. The zero-order chi connectivity index (χ0) is 12.7. The Labute approximate surface area is 114 Å². The lowest BCUT2D eigenvalue weighted by Gasteiger charge is -2.24. The molecule has 18 heavy (non-hydrogen) atoms. The molecule has 3 nitrogen and oxygen atoms in total. The Morgan fingerprint density at radius 2 is 2.33 bits per heavy atom. The molecule has 1 aliphatic heterocycles. The second-order valence-electron chi connectivity index (χ2n) is 4.45. The van der Waals surface area contributed by atoms with Crippen molar-refractivity contribution in [2.45, 2.75) is 18.9 Å². The van der Waals surface area contributed by atoms with E-state index in [1.807, 2.05) is 4.57 Å². The molecule has 1 unspecified atom stereocenters. The van der Waals surface area contributed by atoms with Crippen LogP contribution < -0.4 is 0 Å². The van der Waals surface area contributed by atoms with Gasteiger partial charge in [0, 0.05) is 12.7 Å². The fourth-order valence-electron chi connectivity index (χ4n) is 2.41. The number of nitrogens with one attached hydrogen (secondary N) is 1. The van der Waals surface area contributed by atoms with Crippen molar-refractivity contribution in [3.8, 4) is 0 Å². The third-order valence-corrected chi connectivity index (χ3v) is 3.85. The number of nitrogens with zero attached hydrogens (tertiary/aromatic N) is 1. The van der Waals surface area contributed by atoms with E-state index in [4.69, 9.17) is 28.6 Å². The minimum Gasteiger partial charge on any atom is -0.379 e. The number of fused-ring (bicyclic) bond motifs is 1. The molecule has 1 N–H and O–H groups in total. The third-order valence-electron chi connectivity index (χ3n) is 3.26. The maximum atomic E-state index is 13.4. The van der Waals surface area contributed by atoms with Gasteiger partial charge in [0.2, 0.25) is 0 Å². The number of hydrogen-bond acceptors (Lipinski definition) is 2. The van der Waals surface area contributed by atoms with Crippen molar-refractivity contribution in [2.75, 3.05) is 13.2 Å². The fourth-order valence-corrected chi connectivity index (χ4v) is 2.93. The van der Waals surface area contributed by atoms with Crippen molar-refractivity contribution in [3.63, 3.8) is 0 Å². The lowest BCUT2D eigenvalue weighted by atomic mass is 10.1. The van der Waals surface area contributed by atoms with Crippen LogP contribution in [0.5, 0.6) is 0 Å². The summed E-state index contributed by atoms with van der Waals surface area (Å²) in [5, 5.41) is 0.113. The molecule has 96 valence electrons. The molecule has 0 spiro atoms. The second kappa shape index (κ2) is 4.64. The van der Waals surface area contributed by atoms with E-state index in [2.05, 4.69) is 4.98 Å². The average Bonchev–Trinajstić information content (AvgIpc) is 2.66. The van der Waals surface area contributed by atoms with Gasteiger partial charge >= 0.3 is 0 Å². The number of aromatic nitrogens is 2. The average molecular weight is 287 g/mol. The minimum atomic E-state index is -0.438. The number of rotatable bonds is 1. The summed E-state index contributed by atoms with van der Waals surface area (Å²) in [7, 11) is 0. The molecular formula is C12H12ClFN2OS. The summed E-state index contributed by atoms with van der Waals surface area (Å²) < 4.78 is 21.5. The molecule has 2 aromatic rings. The largest absolute Gasteiger partial charge is 0.379 e. The van der Waals surface area contributed by atoms with Crippen LogP contribution in [0.25, 0.3) is 11.0 Å². The molecule has 1 aromatic heterocycles. The van der Waals surface area contributed by atoms with Gasteiger partial charge in [0.25, 0.3) is 0 Å². The van der Waals surface area contributed by atoms with E-state index >= 15 is 0 Å². The maximum absolute atomic E-state index is 13.4. The van der Waals surface area contributed by atoms with Gasteiger partial charge in [0.15, 0.2) is 4.77 Å². The summed E-state index contributed by atoms with van der Waals surface area (Å²) in [6.45, 7) is 1.43. The highest BCUT2D eigenvalue weighted by atomic mass is 35.5. The van der Waals surface area contributed by atoms with E-state index in [9.17, 15) is 4.39 Å². The standard InChI is InChI=1S/C12H12ClFN2OS/c13-8-4-11-10(5-9(8)14)15-12(18)16(11)7-2-1-3-17-6-7/h4-5,7H,1-3,6H2,(H,15,18). The van der Waals surface area contributed by atoms with Gasteiger partial charge in [-0.3, -0.25) is 0 Å². The Kier molecular flexibility index (Phi) is 3.13. The summed E-state index contributed by atoms with van der Waals surface area (Å²) in [6, 6.07) is 3.20. The zero-order valence-corrected chi connectivity index (χ0v) is 11.2. The van der Waals surface area contributed by atoms with Gasteiger partial charge < -0.3 is 14.3 Å². The lowest BCUT2D eigenvalue weighted by molar-refractivity contribution is 0.0600. The van der Waals surface area contributed by atoms with Crippen LogP contribution in [0.1, 0.15) is 18.9 Å². The van der Waals surface area contributed by atoms with Crippen molar-refractivity contribution in [3.05, 3.63) is 27.7 Å². The predicted molar refractivity (Wildman–Crippen MR) is 71.2 cm³/mol. The lowest BCUT2D eigenvalue weighted by Crippen LogP contribution is -2.21. The van der Waals surface area contributed by atoms with Gasteiger partial charge in [0.05, 0.1) is 28.7 Å². The highest BCUT2D eigenvalue weighted by molar-refractivity contribution is 7.71. The molecule has 1 aromatic carbocycles. The smallest absolute Gasteiger partial charge is 0.178 e. The molecule has 1 saturated heterocycles. The first kappa shape index (κ1) is 12.1. The summed E-state index contributed by atoms with van der Waals surface area (Å²) in [5.41, 5.74) is 1.51. The van der Waals surface area contributed by atoms with Crippen LogP contribution in [0.15, 0.2) is 12.1 Å². The molecule has 0 radical (unpaired) electrons. The number of ether oxygens (including phenoxy) is 1. The molecule has 1 fully saturated rings. The molecule has 0 aliphatic carbocycles. The molecule has 6 heteroatoms. The normalized spacial score (nSPS) is 20.4. The van der Waals surface area contributed by atoms with Crippen molar-refractivity contribution in [2.24, 2.45) is 0 Å². The quantitative estimate of drug-likeness (QED) is 0.807. The highest BCUT2D eigenvalue weighted by Crippen LogP contribution is 2.28. The van der Waals surface area contributed by atoms with Gasteiger partial charge in [-0.2, -0.15) is 0 Å². The van der Waals surface area contributed by atoms with Gasteiger partial charge in [-0.1, -0.05) is 11.6 Å². The summed E-state index contributed by atoms with van der Waals surface area (Å²) in [5.74, 6) is -0.438. The van der Waals surface area contributed by atoms with Crippen LogP contribution >= 0.6 is 23.8 Å². The Balaban J connectivity index is 2.18. The van der Waals surface area contributed by atoms with Crippen molar-refractivity contribution >= 4 is 34.9 Å². The molecule has 0 saturated carbocycles. The fraction of sp³-hybridized carbons (Fsp3) is 0.417. The van der Waals surface area contributed by atoms with E-state index in [1.165, 1.54) is 6.07 Å². The molecular weight excluding hydrogens is 275 g/mol. The first-order valence-electron chi connectivity index (χ1n) is 5.84. The van der Waals surface area contributed by atoms with Crippen LogP contribution in [0.2, 0.25) is 5.02 Å². The van der Waals surface area contributed by atoms with E-state index in [0.29, 0.717) is 16.9 Å². The van der Waals surface area contributed by atoms with Gasteiger partial charge in [-0.25, -0.2) is 4.39 Å². The predicted octanol–water partition coefficient (Wildman–Crippen LogP) is 3.84.